The molecule has 0 aliphatic rings. The molecule has 0 spiro atoms. The monoisotopic (exact) mass is 549 g/mol. The molecule has 0 radical (unpaired) electrons. The number of nitrogens with two attached hydrogens (primary N) is 1. The van der Waals surface area contributed by atoms with Crippen molar-refractivity contribution in [3.63, 3.8) is 0 Å². The lowest BCUT2D eigenvalue weighted by molar-refractivity contribution is 0.579. The van der Waals surface area contributed by atoms with Crippen LogP contribution in [0.15, 0.2) is 59.8 Å². The molecule has 8 nitrogen and oxygen atoms in total. The molecule has 0 bridgehead atoms. The summed E-state index contributed by atoms with van der Waals surface area (Å²) < 4.78 is 71.5. The van der Waals surface area contributed by atoms with E-state index < -0.39 is 51.6 Å². The van der Waals surface area contributed by atoms with Crippen molar-refractivity contribution in [2.45, 2.75) is 13.0 Å². The molecule has 3 heterocycles. The number of hydrogen-bond acceptors (Lipinski definition) is 7. The van der Waals surface area contributed by atoms with Crippen molar-refractivity contribution in [1.29, 1.82) is 0 Å². The molecule has 5 rings (SSSR count). The first-order chi connectivity index (χ1) is 19.1. The average molecular weight is 549 g/mol. The van der Waals surface area contributed by atoms with E-state index in [1.807, 2.05) is 0 Å². The molecule has 3 aromatic heterocycles. The minimum Gasteiger partial charge on any atom is -0.382 e. The number of halogens is 5. The van der Waals surface area contributed by atoms with Gasteiger partial charge in [0.1, 0.15) is 75.0 Å². The summed E-state index contributed by atoms with van der Waals surface area (Å²) in [4.78, 5) is 29.5. The molecule has 13 heteroatoms. The van der Waals surface area contributed by atoms with E-state index in [9.17, 15) is 26.7 Å². The van der Waals surface area contributed by atoms with Crippen molar-refractivity contribution in [2.75, 3.05) is 11.1 Å². The summed E-state index contributed by atoms with van der Waals surface area (Å²) in [5, 5.41) is 2.23. The summed E-state index contributed by atoms with van der Waals surface area (Å²) in [5.74, 6) is 0.620. The first-order valence-corrected chi connectivity index (χ1v) is 11.5. The number of fused-ring (bicyclic) bond motifs is 1. The molecule has 0 saturated carbocycles. The zero-order valence-corrected chi connectivity index (χ0v) is 20.4. The highest BCUT2D eigenvalue weighted by Crippen LogP contribution is 2.26. The fraction of sp³-hybridized carbons (Fsp3) is 0.0741. The number of aromatic nitrogens is 5. The number of nitrogen functional groups attached to an aromatic ring is 1. The van der Waals surface area contributed by atoms with E-state index in [-0.39, 0.29) is 34.4 Å². The normalized spacial score (nSPS) is 11.7. The number of hydrogen-bond donors (Lipinski definition) is 2. The topological polar surface area (TPSA) is 112 Å². The number of nitrogens with zero attached hydrogens (tertiary/aromatic N) is 5. The van der Waals surface area contributed by atoms with Crippen molar-refractivity contribution in [1.82, 2.24) is 24.5 Å². The Bertz CT molecular complexity index is 1880. The lowest BCUT2D eigenvalue weighted by atomic mass is 10.1. The Morgan fingerprint density at radius 3 is 2.33 bits per heavy atom. The Hall–Kier alpha value is -5.38. The number of pyridine rings is 1. The van der Waals surface area contributed by atoms with Crippen molar-refractivity contribution >= 4 is 22.5 Å². The van der Waals surface area contributed by atoms with Gasteiger partial charge in [0, 0.05) is 6.07 Å². The summed E-state index contributed by atoms with van der Waals surface area (Å²) in [5.41, 5.74) is 4.33. The Labute approximate surface area is 222 Å². The third-order valence-electron chi connectivity index (χ3n) is 5.72. The van der Waals surface area contributed by atoms with E-state index in [1.165, 1.54) is 19.1 Å². The summed E-state index contributed by atoms with van der Waals surface area (Å²) in [7, 11) is 0. The van der Waals surface area contributed by atoms with Crippen LogP contribution in [-0.4, -0.2) is 24.5 Å². The van der Waals surface area contributed by atoms with Crippen molar-refractivity contribution < 1.29 is 22.0 Å². The van der Waals surface area contributed by atoms with Gasteiger partial charge in [-0.25, -0.2) is 41.9 Å². The van der Waals surface area contributed by atoms with Crippen molar-refractivity contribution in [2.24, 2.45) is 0 Å². The molecule has 0 amide bonds. The fourth-order valence-corrected chi connectivity index (χ4v) is 3.92. The number of benzene rings is 2. The van der Waals surface area contributed by atoms with Crippen LogP contribution >= 0.6 is 0 Å². The molecular formula is C27H16F5N7O. The predicted octanol–water partition coefficient (Wildman–Crippen LogP) is 4.42. The second kappa shape index (κ2) is 10.4. The van der Waals surface area contributed by atoms with Crippen LogP contribution < -0.4 is 16.6 Å². The van der Waals surface area contributed by atoms with Gasteiger partial charge in [-0.1, -0.05) is 5.92 Å². The second-order valence-corrected chi connectivity index (χ2v) is 8.45. The van der Waals surface area contributed by atoms with Gasteiger partial charge in [0.2, 0.25) is 0 Å². The number of nitrogens with one attached hydrogen (secondary N) is 1. The predicted molar refractivity (Wildman–Crippen MR) is 136 cm³/mol. The molecule has 0 unspecified atom stereocenters. The van der Waals surface area contributed by atoms with Gasteiger partial charge in [0.25, 0.3) is 5.56 Å². The largest absolute Gasteiger partial charge is 0.382 e. The SMILES string of the molecule is C[C@@H](Nc1ncnc(N)c1C#Cc1ccc(F)cn1)c1nc2c(F)ccc(F)c2c(=O)n1-c1cc(F)cc(F)c1. The van der Waals surface area contributed by atoms with E-state index in [4.69, 9.17) is 5.73 Å². The summed E-state index contributed by atoms with van der Waals surface area (Å²) in [6.07, 6.45) is 2.11. The molecule has 3 N–H and O–H groups in total. The van der Waals surface area contributed by atoms with Crippen LogP contribution in [0.4, 0.5) is 33.6 Å². The smallest absolute Gasteiger partial charge is 0.269 e. The minimum atomic E-state index is -1.10. The van der Waals surface area contributed by atoms with Gasteiger partial charge in [0.05, 0.1) is 17.9 Å². The van der Waals surface area contributed by atoms with E-state index in [1.54, 1.807) is 0 Å². The Kier molecular flexibility index (Phi) is 6.83. The molecule has 40 heavy (non-hydrogen) atoms. The summed E-state index contributed by atoms with van der Waals surface area (Å²) >= 11 is 0. The standard InChI is InChI=1S/C27H16F5N7O/c1-13(37-25-19(24(33)35-12-36-25)5-4-17-3-2-14(28)11-34-17)26-38-23-21(32)7-6-20(31)22(23)27(40)39(26)18-9-15(29)8-16(30)10-18/h2-3,6-13H,1H3,(H3,33,35,36,37)/t13-/m1/s1. The van der Waals surface area contributed by atoms with E-state index in [2.05, 4.69) is 37.1 Å². The lowest BCUT2D eigenvalue weighted by Gasteiger charge is -2.21. The van der Waals surface area contributed by atoms with Gasteiger partial charge in [-0.3, -0.25) is 9.36 Å². The average Bonchev–Trinajstić information content (AvgIpc) is 2.90. The number of anilines is 2. The zero-order chi connectivity index (χ0) is 28.6. The van der Waals surface area contributed by atoms with Crippen LogP contribution in [0.2, 0.25) is 0 Å². The van der Waals surface area contributed by atoms with Gasteiger partial charge in [0.15, 0.2) is 0 Å². The van der Waals surface area contributed by atoms with Gasteiger partial charge < -0.3 is 11.1 Å². The van der Waals surface area contributed by atoms with Crippen molar-refractivity contribution in [3.05, 3.63) is 112 Å². The molecule has 5 aromatic rings. The zero-order valence-electron chi connectivity index (χ0n) is 20.4. The molecule has 0 fully saturated rings. The minimum absolute atomic E-state index is 0.0384. The lowest BCUT2D eigenvalue weighted by Crippen LogP contribution is -2.28. The third-order valence-corrected chi connectivity index (χ3v) is 5.72. The maximum absolute atomic E-state index is 14.7. The summed E-state index contributed by atoms with van der Waals surface area (Å²) in [6.45, 7) is 1.49. The Morgan fingerprint density at radius 1 is 0.900 bits per heavy atom. The first-order valence-electron chi connectivity index (χ1n) is 11.5. The molecule has 200 valence electrons. The van der Waals surface area contributed by atoms with Gasteiger partial charge in [-0.05, 0) is 49.2 Å². The molecular weight excluding hydrogens is 533 g/mol. The molecule has 0 saturated heterocycles. The third kappa shape index (κ3) is 5.02. The highest BCUT2D eigenvalue weighted by atomic mass is 19.1. The van der Waals surface area contributed by atoms with Crippen LogP contribution in [0.3, 0.4) is 0 Å². The maximum Gasteiger partial charge on any atom is 0.269 e. The van der Waals surface area contributed by atoms with E-state index >= 15 is 0 Å². The van der Waals surface area contributed by atoms with Crippen LogP contribution in [0.1, 0.15) is 30.0 Å². The summed E-state index contributed by atoms with van der Waals surface area (Å²) in [6, 6.07) is 5.34. The van der Waals surface area contributed by atoms with E-state index in [0.717, 1.165) is 41.4 Å². The molecule has 0 aliphatic carbocycles. The quantitative estimate of drug-likeness (QED) is 0.252. The highest BCUT2D eigenvalue weighted by molar-refractivity contribution is 5.79. The Balaban J connectivity index is 1.66. The molecule has 1 atom stereocenters. The number of rotatable bonds is 4. The maximum atomic E-state index is 14.7. The van der Waals surface area contributed by atoms with Crippen molar-refractivity contribution in [3.8, 4) is 17.5 Å². The van der Waals surface area contributed by atoms with Crippen LogP contribution in [-0.2, 0) is 0 Å². The van der Waals surface area contributed by atoms with E-state index in [0.29, 0.717) is 6.07 Å². The second-order valence-electron chi connectivity index (χ2n) is 8.45. The molecule has 2 aromatic carbocycles. The molecule has 0 aliphatic heterocycles. The van der Waals surface area contributed by atoms with Gasteiger partial charge >= 0.3 is 0 Å². The van der Waals surface area contributed by atoms with Gasteiger partial charge in [-0.2, -0.15) is 0 Å². The van der Waals surface area contributed by atoms with Crippen LogP contribution in [0.5, 0.6) is 0 Å². The van der Waals surface area contributed by atoms with Crippen LogP contribution in [0, 0.1) is 40.9 Å². The first kappa shape index (κ1) is 26.2. The highest BCUT2D eigenvalue weighted by Gasteiger charge is 2.23. The Morgan fingerprint density at radius 2 is 1.62 bits per heavy atom. The van der Waals surface area contributed by atoms with Gasteiger partial charge in [-0.15, -0.1) is 0 Å². The van der Waals surface area contributed by atoms with Crippen LogP contribution in [0.25, 0.3) is 16.6 Å². The fourth-order valence-electron chi connectivity index (χ4n) is 3.92.